The Bertz CT molecular complexity index is 587. The Kier molecular flexibility index (Phi) is 6.41. The molecule has 3 aliphatic carbocycles. The Morgan fingerprint density at radius 3 is 2.63 bits per heavy atom. The average molecular weight is 370 g/mol. The van der Waals surface area contributed by atoms with E-state index in [1.807, 2.05) is 5.57 Å². The van der Waals surface area contributed by atoms with Crippen LogP contribution in [-0.4, -0.2) is 6.54 Å². The van der Waals surface area contributed by atoms with E-state index in [1.54, 1.807) is 0 Å². The van der Waals surface area contributed by atoms with Gasteiger partial charge in [0.25, 0.3) is 0 Å². The van der Waals surface area contributed by atoms with E-state index >= 15 is 0 Å². The quantitative estimate of drug-likeness (QED) is 0.373. The molecule has 0 spiro atoms. The van der Waals surface area contributed by atoms with Crippen LogP contribution in [-0.2, 0) is 0 Å². The summed E-state index contributed by atoms with van der Waals surface area (Å²) in [6, 6.07) is 0. The van der Waals surface area contributed by atoms with E-state index in [1.165, 1.54) is 64.2 Å². The summed E-state index contributed by atoms with van der Waals surface area (Å²) in [5, 5.41) is 0. The maximum atomic E-state index is 5.59. The highest BCUT2D eigenvalue weighted by atomic mass is 14.6. The number of nitrogens with two attached hydrogens (primary N) is 1. The van der Waals surface area contributed by atoms with Crippen LogP contribution < -0.4 is 5.73 Å². The van der Waals surface area contributed by atoms with Crippen LogP contribution in [0.4, 0.5) is 0 Å². The molecule has 3 rings (SSSR count). The number of rotatable bonds is 7. The first-order chi connectivity index (χ1) is 12.9. The Balaban J connectivity index is 1.75. The van der Waals surface area contributed by atoms with Crippen molar-refractivity contribution in [3.63, 3.8) is 0 Å². The highest BCUT2D eigenvalue weighted by molar-refractivity contribution is 5.30. The van der Waals surface area contributed by atoms with Gasteiger partial charge in [-0.3, -0.25) is 0 Å². The summed E-state index contributed by atoms with van der Waals surface area (Å²) in [4.78, 5) is 0. The van der Waals surface area contributed by atoms with Crippen molar-refractivity contribution >= 4 is 0 Å². The summed E-state index contributed by atoms with van der Waals surface area (Å²) < 4.78 is 0. The van der Waals surface area contributed by atoms with Crippen LogP contribution in [0, 0.1) is 28.1 Å². The molecule has 0 aromatic heterocycles. The maximum Gasteiger partial charge on any atom is -0.00426 e. The fourth-order valence-corrected chi connectivity index (χ4v) is 7.15. The molecular formula is C26H43N. The fraction of sp³-hybridized carbons (Fsp3) is 0.769. The number of allylic oxidation sites excluding steroid dienone is 4. The minimum absolute atomic E-state index is 0.319. The van der Waals surface area contributed by atoms with Gasteiger partial charge in [-0.05, 0) is 98.8 Å². The standard InChI is InChI=1S/C26H43N/c1-5-24(2)17-11-13-22-21(24)14-15-23-25(3,18-12-19-26(22,23)4)16-9-7-6-8-10-20-27/h5-6,8,13,21,23H,1,7,9-12,14-20,27H2,2-4H3/b8-6+/t21?,23?,24-,25+,26-/m0/s1. The molecule has 152 valence electrons. The van der Waals surface area contributed by atoms with Gasteiger partial charge in [0, 0.05) is 0 Å². The third-order valence-corrected chi connectivity index (χ3v) is 8.76. The summed E-state index contributed by atoms with van der Waals surface area (Å²) in [5.74, 6) is 1.60. The molecule has 2 N–H and O–H groups in total. The van der Waals surface area contributed by atoms with Gasteiger partial charge < -0.3 is 5.73 Å². The van der Waals surface area contributed by atoms with Crippen LogP contribution in [0.15, 0.2) is 36.5 Å². The first-order valence-electron chi connectivity index (χ1n) is 11.6. The van der Waals surface area contributed by atoms with Gasteiger partial charge in [-0.2, -0.15) is 0 Å². The predicted octanol–water partition coefficient (Wildman–Crippen LogP) is 7.20. The molecule has 2 fully saturated rings. The van der Waals surface area contributed by atoms with Crippen molar-refractivity contribution in [3.05, 3.63) is 36.5 Å². The number of unbranched alkanes of at least 4 members (excludes halogenated alkanes) is 1. The topological polar surface area (TPSA) is 26.0 Å². The maximum absolute atomic E-state index is 5.59. The normalized spacial score (nSPS) is 41.7. The third-order valence-electron chi connectivity index (χ3n) is 8.76. The van der Waals surface area contributed by atoms with E-state index in [2.05, 4.69) is 51.7 Å². The molecule has 0 amide bonds. The molecular weight excluding hydrogens is 326 g/mol. The highest BCUT2D eigenvalue weighted by Gasteiger charge is 2.56. The van der Waals surface area contributed by atoms with Gasteiger partial charge in [-0.25, -0.2) is 0 Å². The highest BCUT2D eigenvalue weighted by Crippen LogP contribution is 2.66. The van der Waals surface area contributed by atoms with E-state index in [0.717, 1.165) is 24.8 Å². The minimum Gasteiger partial charge on any atom is -0.330 e. The molecule has 3 aliphatic rings. The lowest BCUT2D eigenvalue weighted by molar-refractivity contribution is -0.0400. The van der Waals surface area contributed by atoms with Crippen molar-refractivity contribution in [3.8, 4) is 0 Å². The zero-order valence-electron chi connectivity index (χ0n) is 18.2. The van der Waals surface area contributed by atoms with Gasteiger partial charge in [0.2, 0.25) is 0 Å². The second-order valence-electron chi connectivity index (χ2n) is 10.5. The van der Waals surface area contributed by atoms with Gasteiger partial charge in [0.15, 0.2) is 0 Å². The molecule has 0 heterocycles. The molecule has 2 unspecified atom stereocenters. The average Bonchev–Trinajstić information content (AvgIpc) is 2.65. The molecule has 0 saturated heterocycles. The van der Waals surface area contributed by atoms with Gasteiger partial charge in [0.05, 0.1) is 0 Å². The largest absolute Gasteiger partial charge is 0.330 e. The summed E-state index contributed by atoms with van der Waals surface area (Å²) in [6.45, 7) is 12.7. The summed E-state index contributed by atoms with van der Waals surface area (Å²) in [6.07, 6.45) is 24.1. The molecule has 0 aromatic rings. The van der Waals surface area contributed by atoms with Crippen LogP contribution in [0.2, 0.25) is 0 Å². The van der Waals surface area contributed by atoms with Crippen molar-refractivity contribution in [1.82, 2.24) is 0 Å². The third kappa shape index (κ3) is 3.86. The number of fused-ring (bicyclic) bond motifs is 3. The monoisotopic (exact) mass is 369 g/mol. The van der Waals surface area contributed by atoms with E-state index in [-0.39, 0.29) is 0 Å². The van der Waals surface area contributed by atoms with Crippen LogP contribution in [0.1, 0.15) is 91.4 Å². The summed E-state index contributed by atoms with van der Waals surface area (Å²) in [5.41, 5.74) is 8.67. The molecule has 1 heteroatoms. The molecule has 0 radical (unpaired) electrons. The predicted molar refractivity (Wildman–Crippen MR) is 119 cm³/mol. The molecule has 5 atom stereocenters. The van der Waals surface area contributed by atoms with Crippen molar-refractivity contribution in [1.29, 1.82) is 0 Å². The van der Waals surface area contributed by atoms with Gasteiger partial charge in [0.1, 0.15) is 0 Å². The van der Waals surface area contributed by atoms with Gasteiger partial charge in [-0.15, -0.1) is 6.58 Å². The van der Waals surface area contributed by atoms with Crippen LogP contribution in [0.3, 0.4) is 0 Å². The van der Waals surface area contributed by atoms with Crippen molar-refractivity contribution in [2.45, 2.75) is 91.4 Å². The zero-order chi connectivity index (χ0) is 19.5. The Hall–Kier alpha value is -0.820. The first-order valence-corrected chi connectivity index (χ1v) is 11.6. The SMILES string of the molecule is C=C[C@@]1(C)CCC=C2C1CCC1[C@](C)(CCC/C=C/CCN)CCC[C@@]21C. The number of hydrogen-bond acceptors (Lipinski definition) is 1. The molecule has 27 heavy (non-hydrogen) atoms. The molecule has 2 saturated carbocycles. The van der Waals surface area contributed by atoms with E-state index in [0.29, 0.717) is 16.2 Å². The lowest BCUT2D eigenvalue weighted by Gasteiger charge is -2.61. The molecule has 0 bridgehead atoms. The second-order valence-corrected chi connectivity index (χ2v) is 10.5. The lowest BCUT2D eigenvalue weighted by atomic mass is 9.44. The van der Waals surface area contributed by atoms with E-state index in [9.17, 15) is 0 Å². The second kappa shape index (κ2) is 8.27. The van der Waals surface area contributed by atoms with E-state index in [4.69, 9.17) is 5.73 Å². The molecule has 0 aromatic carbocycles. The minimum atomic E-state index is 0.319. The Morgan fingerprint density at radius 1 is 1.11 bits per heavy atom. The summed E-state index contributed by atoms with van der Waals surface area (Å²) in [7, 11) is 0. The Labute approximate surface area is 168 Å². The van der Waals surface area contributed by atoms with Crippen molar-refractivity contribution in [2.75, 3.05) is 6.54 Å². The smallest absolute Gasteiger partial charge is 0.00426 e. The lowest BCUT2D eigenvalue weighted by Crippen LogP contribution is -2.51. The zero-order valence-corrected chi connectivity index (χ0v) is 18.2. The van der Waals surface area contributed by atoms with Crippen molar-refractivity contribution < 1.29 is 0 Å². The first kappa shape index (κ1) is 20.9. The fourth-order valence-electron chi connectivity index (χ4n) is 7.15. The molecule has 1 nitrogen and oxygen atoms in total. The number of hydrogen-bond donors (Lipinski definition) is 1. The van der Waals surface area contributed by atoms with Crippen LogP contribution in [0.5, 0.6) is 0 Å². The summed E-state index contributed by atoms with van der Waals surface area (Å²) >= 11 is 0. The van der Waals surface area contributed by atoms with Crippen LogP contribution >= 0.6 is 0 Å². The van der Waals surface area contributed by atoms with Crippen molar-refractivity contribution in [2.24, 2.45) is 33.8 Å². The molecule has 0 aliphatic heterocycles. The van der Waals surface area contributed by atoms with Gasteiger partial charge in [-0.1, -0.05) is 57.1 Å². The van der Waals surface area contributed by atoms with Crippen LogP contribution in [0.25, 0.3) is 0 Å². The van der Waals surface area contributed by atoms with E-state index < -0.39 is 0 Å². The Morgan fingerprint density at radius 2 is 1.89 bits per heavy atom. The van der Waals surface area contributed by atoms with Gasteiger partial charge >= 0.3 is 0 Å².